The fourth-order valence-electron chi connectivity index (χ4n) is 1.55. The van der Waals surface area contributed by atoms with E-state index in [0.29, 0.717) is 10.9 Å². The summed E-state index contributed by atoms with van der Waals surface area (Å²) in [6.07, 6.45) is -0.111. The van der Waals surface area contributed by atoms with Gasteiger partial charge in [0.05, 0.1) is 23.7 Å². The molecule has 0 atom stereocenters. The first-order valence-electron chi connectivity index (χ1n) is 5.24. The second kappa shape index (κ2) is 4.74. The van der Waals surface area contributed by atoms with E-state index >= 15 is 0 Å². The summed E-state index contributed by atoms with van der Waals surface area (Å²) in [7, 11) is 0. The zero-order valence-corrected chi connectivity index (χ0v) is 9.62. The summed E-state index contributed by atoms with van der Waals surface area (Å²) >= 11 is 0. The lowest BCUT2D eigenvalue weighted by atomic mass is 10.2. The molecule has 18 heavy (non-hydrogen) atoms. The molecule has 0 spiro atoms. The Morgan fingerprint density at radius 1 is 1.44 bits per heavy atom. The number of nitrogens with two attached hydrogens (primary N) is 1. The smallest absolute Gasteiger partial charge is 0.435 e. The predicted molar refractivity (Wildman–Crippen MR) is 62.4 cm³/mol. The Labute approximate surface area is 102 Å². The van der Waals surface area contributed by atoms with Gasteiger partial charge in [-0.3, -0.25) is 0 Å². The van der Waals surface area contributed by atoms with Crippen molar-refractivity contribution in [2.75, 3.05) is 6.61 Å². The van der Waals surface area contributed by atoms with E-state index in [4.69, 9.17) is 15.2 Å². The van der Waals surface area contributed by atoms with Gasteiger partial charge in [-0.2, -0.15) is 9.78 Å². The summed E-state index contributed by atoms with van der Waals surface area (Å²) in [6.45, 7) is 1.95. The van der Waals surface area contributed by atoms with Crippen molar-refractivity contribution in [1.29, 1.82) is 0 Å². The van der Waals surface area contributed by atoms with Crippen molar-refractivity contribution in [2.24, 2.45) is 5.73 Å². The van der Waals surface area contributed by atoms with Crippen molar-refractivity contribution in [1.82, 2.24) is 9.78 Å². The fourth-order valence-corrected chi connectivity index (χ4v) is 1.55. The molecule has 0 bridgehead atoms. The molecule has 0 saturated heterocycles. The van der Waals surface area contributed by atoms with Crippen molar-refractivity contribution in [2.45, 2.75) is 6.92 Å². The van der Waals surface area contributed by atoms with E-state index < -0.39 is 12.2 Å². The second-order valence-corrected chi connectivity index (χ2v) is 3.37. The van der Waals surface area contributed by atoms with Gasteiger partial charge >= 0.3 is 12.2 Å². The third kappa shape index (κ3) is 2.10. The molecule has 94 valence electrons. The quantitative estimate of drug-likeness (QED) is 0.869. The van der Waals surface area contributed by atoms with Gasteiger partial charge in [0.25, 0.3) is 0 Å². The van der Waals surface area contributed by atoms with Crippen LogP contribution in [0.4, 0.5) is 9.59 Å². The van der Waals surface area contributed by atoms with Crippen LogP contribution in [0.2, 0.25) is 0 Å². The SMILES string of the molecule is CCOC(=O)n1ncc2c(OC(N)=O)cccc21. The van der Waals surface area contributed by atoms with Crippen LogP contribution in [-0.4, -0.2) is 28.6 Å². The van der Waals surface area contributed by atoms with Gasteiger partial charge in [-0.25, -0.2) is 9.59 Å². The monoisotopic (exact) mass is 249 g/mol. The molecule has 2 N–H and O–H groups in total. The topological polar surface area (TPSA) is 96.4 Å². The van der Waals surface area contributed by atoms with E-state index in [-0.39, 0.29) is 12.4 Å². The third-order valence-electron chi connectivity index (χ3n) is 2.22. The molecule has 0 aliphatic heterocycles. The Balaban J connectivity index is 2.48. The van der Waals surface area contributed by atoms with Crippen LogP contribution in [0.1, 0.15) is 6.92 Å². The number of hydrogen-bond donors (Lipinski definition) is 1. The average molecular weight is 249 g/mol. The number of benzene rings is 1. The summed E-state index contributed by atoms with van der Waals surface area (Å²) < 4.78 is 10.7. The minimum atomic E-state index is -0.925. The maximum absolute atomic E-state index is 11.6. The number of carbonyl (C=O) groups is 2. The molecule has 0 aliphatic rings. The van der Waals surface area contributed by atoms with Gasteiger partial charge in [0.2, 0.25) is 0 Å². The molecule has 0 aliphatic carbocycles. The molecule has 0 unspecified atom stereocenters. The first-order valence-corrected chi connectivity index (χ1v) is 5.24. The van der Waals surface area contributed by atoms with Crippen LogP contribution in [-0.2, 0) is 4.74 Å². The molecule has 0 fully saturated rings. The number of primary amides is 1. The Bertz CT molecular complexity index is 605. The number of hydrogen-bond acceptors (Lipinski definition) is 5. The van der Waals surface area contributed by atoms with E-state index in [1.807, 2.05) is 0 Å². The van der Waals surface area contributed by atoms with E-state index in [2.05, 4.69) is 5.10 Å². The second-order valence-electron chi connectivity index (χ2n) is 3.37. The summed E-state index contributed by atoms with van der Waals surface area (Å²) in [4.78, 5) is 22.3. The van der Waals surface area contributed by atoms with Crippen LogP contribution >= 0.6 is 0 Å². The molecule has 0 saturated carbocycles. The molecule has 2 aromatic rings. The van der Waals surface area contributed by atoms with Gasteiger partial charge in [0, 0.05) is 0 Å². The van der Waals surface area contributed by atoms with Gasteiger partial charge < -0.3 is 15.2 Å². The van der Waals surface area contributed by atoms with Gasteiger partial charge in [0.1, 0.15) is 5.75 Å². The van der Waals surface area contributed by atoms with Crippen LogP contribution in [0.5, 0.6) is 5.75 Å². The van der Waals surface area contributed by atoms with Gasteiger partial charge in [-0.15, -0.1) is 0 Å². The molecule has 7 nitrogen and oxygen atoms in total. The highest BCUT2D eigenvalue weighted by Crippen LogP contribution is 2.25. The van der Waals surface area contributed by atoms with Crippen LogP contribution in [0.15, 0.2) is 24.4 Å². The van der Waals surface area contributed by atoms with Gasteiger partial charge in [-0.1, -0.05) is 6.07 Å². The molecule has 1 heterocycles. The number of fused-ring (bicyclic) bond motifs is 1. The van der Waals surface area contributed by atoms with E-state index in [9.17, 15) is 9.59 Å². The Hall–Kier alpha value is -2.57. The van der Waals surface area contributed by atoms with Crippen molar-refractivity contribution in [3.8, 4) is 5.75 Å². The number of ether oxygens (including phenoxy) is 2. The van der Waals surface area contributed by atoms with Crippen molar-refractivity contribution in [3.05, 3.63) is 24.4 Å². The zero-order valence-electron chi connectivity index (χ0n) is 9.62. The lowest BCUT2D eigenvalue weighted by Gasteiger charge is -2.04. The lowest BCUT2D eigenvalue weighted by molar-refractivity contribution is 0.151. The summed E-state index contributed by atoms with van der Waals surface area (Å²) in [5.74, 6) is 0.246. The highest BCUT2D eigenvalue weighted by Gasteiger charge is 2.14. The van der Waals surface area contributed by atoms with E-state index in [1.54, 1.807) is 25.1 Å². The zero-order chi connectivity index (χ0) is 13.1. The molecule has 0 radical (unpaired) electrons. The molecule has 7 heteroatoms. The first-order chi connectivity index (χ1) is 8.63. The average Bonchev–Trinajstić information content (AvgIpc) is 2.73. The van der Waals surface area contributed by atoms with Crippen LogP contribution in [0.3, 0.4) is 0 Å². The molecule has 2 rings (SSSR count). The van der Waals surface area contributed by atoms with Crippen molar-refractivity contribution in [3.63, 3.8) is 0 Å². The summed E-state index contributed by atoms with van der Waals surface area (Å²) in [5, 5.41) is 4.40. The number of nitrogens with zero attached hydrogens (tertiary/aromatic N) is 2. The summed E-state index contributed by atoms with van der Waals surface area (Å²) in [6, 6.07) is 4.84. The first kappa shape index (κ1) is 11.9. The molecule has 1 aromatic carbocycles. The maximum atomic E-state index is 11.6. The highest BCUT2D eigenvalue weighted by atomic mass is 16.6. The highest BCUT2D eigenvalue weighted by molar-refractivity contribution is 5.92. The van der Waals surface area contributed by atoms with Crippen LogP contribution in [0.25, 0.3) is 10.9 Å². The number of rotatable bonds is 2. The number of aromatic nitrogens is 2. The normalized spacial score (nSPS) is 10.3. The molecule has 1 aromatic heterocycles. The van der Waals surface area contributed by atoms with E-state index in [1.165, 1.54) is 6.20 Å². The Kier molecular flexibility index (Phi) is 3.13. The predicted octanol–water partition coefficient (Wildman–Crippen LogP) is 1.50. The van der Waals surface area contributed by atoms with Gasteiger partial charge in [0.15, 0.2) is 0 Å². The third-order valence-corrected chi connectivity index (χ3v) is 2.22. The van der Waals surface area contributed by atoms with Crippen LogP contribution in [0, 0.1) is 0 Å². The van der Waals surface area contributed by atoms with E-state index in [0.717, 1.165) is 4.68 Å². The molecular formula is C11H11N3O4. The Morgan fingerprint density at radius 3 is 2.89 bits per heavy atom. The minimum Gasteiger partial charge on any atom is -0.448 e. The number of carbonyl (C=O) groups excluding carboxylic acids is 2. The molecule has 1 amide bonds. The van der Waals surface area contributed by atoms with Crippen LogP contribution < -0.4 is 10.5 Å². The number of amides is 1. The molecular weight excluding hydrogens is 238 g/mol. The largest absolute Gasteiger partial charge is 0.448 e. The minimum absolute atomic E-state index is 0.246. The van der Waals surface area contributed by atoms with Crippen molar-refractivity contribution < 1.29 is 19.1 Å². The summed E-state index contributed by atoms with van der Waals surface area (Å²) in [5.41, 5.74) is 5.43. The lowest BCUT2D eigenvalue weighted by Crippen LogP contribution is -2.16. The maximum Gasteiger partial charge on any atom is 0.435 e. The van der Waals surface area contributed by atoms with Crippen molar-refractivity contribution >= 4 is 23.1 Å². The standard InChI is InChI=1S/C11H11N3O4/c1-2-17-11(16)14-8-4-3-5-9(18-10(12)15)7(8)6-13-14/h3-6H,2H2,1H3,(H2,12,15). The fraction of sp³-hybridized carbons (Fsp3) is 0.182. The van der Waals surface area contributed by atoms with Gasteiger partial charge in [-0.05, 0) is 19.1 Å². The Morgan fingerprint density at radius 2 is 2.22 bits per heavy atom.